The van der Waals surface area contributed by atoms with E-state index in [2.05, 4.69) is 0 Å². The van der Waals surface area contributed by atoms with Crippen molar-refractivity contribution in [2.45, 2.75) is 50.4 Å². The number of hydrogen-bond donors (Lipinski definition) is 0. The van der Waals surface area contributed by atoms with Gasteiger partial charge in [0.2, 0.25) is 0 Å². The molecule has 2 aliphatic heterocycles. The summed E-state index contributed by atoms with van der Waals surface area (Å²) in [6.45, 7) is 6.53. The Balaban J connectivity index is 2.32. The van der Waals surface area contributed by atoms with E-state index in [0.29, 0.717) is 13.0 Å². The minimum absolute atomic E-state index is 0.274. The second kappa shape index (κ2) is 2.95. The Morgan fingerprint density at radius 1 is 1.47 bits per heavy atom. The Bertz CT molecular complexity index is 299. The lowest BCUT2D eigenvalue weighted by Gasteiger charge is -2.25. The molecule has 2 saturated heterocycles. The monoisotopic (exact) mass is 214 g/mol. The van der Waals surface area contributed by atoms with Crippen molar-refractivity contribution in [2.24, 2.45) is 0 Å². The average molecular weight is 214 g/mol. The van der Waals surface area contributed by atoms with Crippen LogP contribution < -0.4 is 0 Å². The molecule has 0 aromatic heterocycles. The number of carbonyl (C=O) groups excluding carboxylic acids is 1. The Kier molecular flexibility index (Phi) is 2.14. The van der Waals surface area contributed by atoms with Gasteiger partial charge in [0.25, 0.3) is 0 Å². The Morgan fingerprint density at radius 3 is 2.53 bits per heavy atom. The first-order valence-corrected chi connectivity index (χ1v) is 5.38. The Morgan fingerprint density at radius 2 is 2.13 bits per heavy atom. The van der Waals surface area contributed by atoms with E-state index in [-0.39, 0.29) is 5.97 Å². The van der Waals surface area contributed by atoms with E-state index in [1.165, 1.54) is 7.11 Å². The van der Waals surface area contributed by atoms with Crippen LogP contribution in [0.1, 0.15) is 33.6 Å². The van der Waals surface area contributed by atoms with Crippen LogP contribution in [0.4, 0.5) is 0 Å². The van der Waals surface area contributed by atoms with Crippen molar-refractivity contribution in [1.29, 1.82) is 0 Å². The highest BCUT2D eigenvalue weighted by molar-refractivity contribution is 5.85. The summed E-state index contributed by atoms with van der Waals surface area (Å²) in [5.74, 6) is -0.274. The summed E-state index contributed by atoms with van der Waals surface area (Å²) < 4.78 is 16.2. The van der Waals surface area contributed by atoms with Crippen LogP contribution in [-0.4, -0.2) is 36.5 Å². The molecule has 0 aliphatic carbocycles. The summed E-state index contributed by atoms with van der Waals surface area (Å²) in [4.78, 5) is 11.8. The van der Waals surface area contributed by atoms with Crippen LogP contribution >= 0.6 is 0 Å². The maximum absolute atomic E-state index is 11.8. The molecular weight excluding hydrogens is 196 g/mol. The average Bonchev–Trinajstić information content (AvgIpc) is 2.79. The van der Waals surface area contributed by atoms with Gasteiger partial charge in [0.1, 0.15) is 5.60 Å². The van der Waals surface area contributed by atoms with Crippen molar-refractivity contribution in [3.05, 3.63) is 0 Å². The zero-order valence-electron chi connectivity index (χ0n) is 9.75. The zero-order valence-corrected chi connectivity index (χ0v) is 9.75. The number of methoxy groups -OCH3 is 1. The predicted molar refractivity (Wildman–Crippen MR) is 53.5 cm³/mol. The van der Waals surface area contributed by atoms with Gasteiger partial charge in [0.05, 0.1) is 19.3 Å². The molecule has 2 rings (SSSR count). The van der Waals surface area contributed by atoms with E-state index in [9.17, 15) is 4.79 Å². The first-order chi connectivity index (χ1) is 6.96. The molecule has 0 amide bonds. The summed E-state index contributed by atoms with van der Waals surface area (Å²) in [5, 5.41) is 0. The van der Waals surface area contributed by atoms with Crippen molar-refractivity contribution in [3.63, 3.8) is 0 Å². The van der Waals surface area contributed by atoms with Crippen molar-refractivity contribution in [3.8, 4) is 0 Å². The highest BCUT2D eigenvalue weighted by Gasteiger charge is 2.81. The van der Waals surface area contributed by atoms with Crippen molar-refractivity contribution in [2.75, 3.05) is 13.7 Å². The van der Waals surface area contributed by atoms with Crippen molar-refractivity contribution >= 4 is 5.97 Å². The normalized spacial score (nSPS) is 41.9. The molecule has 0 N–H and O–H groups in total. The lowest BCUT2D eigenvalue weighted by molar-refractivity contribution is -0.147. The minimum Gasteiger partial charge on any atom is -0.467 e. The summed E-state index contributed by atoms with van der Waals surface area (Å²) in [7, 11) is 1.40. The molecule has 2 unspecified atom stereocenters. The molecule has 15 heavy (non-hydrogen) atoms. The maximum atomic E-state index is 11.8. The van der Waals surface area contributed by atoms with E-state index >= 15 is 0 Å². The molecule has 4 heteroatoms. The third-order valence-corrected chi connectivity index (χ3v) is 3.86. The molecule has 86 valence electrons. The van der Waals surface area contributed by atoms with Crippen LogP contribution in [0, 0.1) is 0 Å². The van der Waals surface area contributed by atoms with Gasteiger partial charge in [-0.3, -0.25) is 0 Å². The number of epoxide rings is 1. The van der Waals surface area contributed by atoms with E-state index in [0.717, 1.165) is 6.42 Å². The van der Waals surface area contributed by atoms with Gasteiger partial charge < -0.3 is 14.2 Å². The summed E-state index contributed by atoms with van der Waals surface area (Å²) in [6.07, 6.45) is 1.40. The SMILES string of the molecule is CCC1(C(=O)OC)OC12CCOC2(C)C. The summed E-state index contributed by atoms with van der Waals surface area (Å²) in [6, 6.07) is 0. The fourth-order valence-electron chi connectivity index (χ4n) is 2.88. The highest BCUT2D eigenvalue weighted by Crippen LogP contribution is 2.62. The number of carbonyl (C=O) groups is 1. The number of ether oxygens (including phenoxy) is 3. The number of hydrogen-bond acceptors (Lipinski definition) is 4. The molecule has 4 nitrogen and oxygen atoms in total. The number of esters is 1. The second-order valence-corrected chi connectivity index (χ2v) is 4.71. The molecule has 0 aromatic carbocycles. The standard InChI is InChI=1S/C11H18O4/c1-5-10(8(12)13-4)11(15-10)6-7-14-9(11,2)3/h5-7H2,1-4H3. The molecule has 0 radical (unpaired) electrons. The molecular formula is C11H18O4. The van der Waals surface area contributed by atoms with Crippen molar-refractivity contribution in [1.82, 2.24) is 0 Å². The third-order valence-electron chi connectivity index (χ3n) is 3.86. The van der Waals surface area contributed by atoms with Crippen LogP contribution in [0.5, 0.6) is 0 Å². The lowest BCUT2D eigenvalue weighted by Crippen LogP contribution is -2.45. The highest BCUT2D eigenvalue weighted by atomic mass is 16.7. The van der Waals surface area contributed by atoms with Gasteiger partial charge in [0, 0.05) is 6.42 Å². The summed E-state index contributed by atoms with van der Waals surface area (Å²) in [5.41, 5.74) is -1.65. The van der Waals surface area contributed by atoms with E-state index in [4.69, 9.17) is 14.2 Å². The van der Waals surface area contributed by atoms with Gasteiger partial charge in [-0.15, -0.1) is 0 Å². The van der Waals surface area contributed by atoms with Crippen LogP contribution in [0.3, 0.4) is 0 Å². The lowest BCUT2D eigenvalue weighted by atomic mass is 9.78. The molecule has 2 fully saturated rings. The summed E-state index contributed by atoms with van der Waals surface area (Å²) >= 11 is 0. The largest absolute Gasteiger partial charge is 0.467 e. The van der Waals surface area contributed by atoms with Gasteiger partial charge in [-0.1, -0.05) is 6.92 Å². The van der Waals surface area contributed by atoms with Gasteiger partial charge in [-0.25, -0.2) is 4.79 Å². The first kappa shape index (κ1) is 10.9. The van der Waals surface area contributed by atoms with Gasteiger partial charge in [-0.05, 0) is 20.3 Å². The van der Waals surface area contributed by atoms with Crippen LogP contribution in [0.25, 0.3) is 0 Å². The Labute approximate surface area is 89.9 Å². The molecule has 1 spiro atoms. The molecule has 2 aliphatic rings. The van der Waals surface area contributed by atoms with Crippen LogP contribution in [-0.2, 0) is 19.0 Å². The van der Waals surface area contributed by atoms with Crippen LogP contribution in [0.2, 0.25) is 0 Å². The fourth-order valence-corrected chi connectivity index (χ4v) is 2.88. The van der Waals surface area contributed by atoms with E-state index < -0.39 is 16.8 Å². The Hall–Kier alpha value is -0.610. The maximum Gasteiger partial charge on any atom is 0.341 e. The number of rotatable bonds is 2. The van der Waals surface area contributed by atoms with Crippen molar-refractivity contribution < 1.29 is 19.0 Å². The molecule has 0 saturated carbocycles. The predicted octanol–water partition coefficient (Wildman–Crippen LogP) is 1.28. The van der Waals surface area contributed by atoms with E-state index in [1.807, 2.05) is 20.8 Å². The third kappa shape index (κ3) is 1.06. The molecule has 2 atom stereocenters. The molecule has 0 bridgehead atoms. The quantitative estimate of drug-likeness (QED) is 0.513. The topological polar surface area (TPSA) is 48.1 Å². The second-order valence-electron chi connectivity index (χ2n) is 4.71. The van der Waals surface area contributed by atoms with Gasteiger partial charge in [-0.2, -0.15) is 0 Å². The van der Waals surface area contributed by atoms with E-state index in [1.54, 1.807) is 0 Å². The molecule has 2 heterocycles. The zero-order chi connectivity index (χ0) is 11.3. The smallest absolute Gasteiger partial charge is 0.341 e. The first-order valence-electron chi connectivity index (χ1n) is 5.38. The van der Waals surface area contributed by atoms with Crippen LogP contribution in [0.15, 0.2) is 0 Å². The van der Waals surface area contributed by atoms with Gasteiger partial charge in [0.15, 0.2) is 5.60 Å². The fraction of sp³-hybridized carbons (Fsp3) is 0.909. The molecule has 0 aromatic rings. The van der Waals surface area contributed by atoms with Gasteiger partial charge >= 0.3 is 5.97 Å². The minimum atomic E-state index is -0.776.